The Morgan fingerprint density at radius 2 is 1.74 bits per heavy atom. The van der Waals surface area contributed by atoms with Crippen LogP contribution in [0.2, 0.25) is 0 Å². The van der Waals surface area contributed by atoms with Crippen LogP contribution in [0.25, 0.3) is 10.2 Å². The summed E-state index contributed by atoms with van der Waals surface area (Å²) < 4.78 is 16.4. The fourth-order valence-electron chi connectivity index (χ4n) is 4.67. The molecule has 35 heavy (non-hydrogen) atoms. The zero-order valence-corrected chi connectivity index (χ0v) is 20.7. The molecule has 0 spiro atoms. The first-order valence-corrected chi connectivity index (χ1v) is 12.8. The maximum Gasteiger partial charge on any atom is 0.270 e. The number of piperidine rings is 1. The van der Waals surface area contributed by atoms with E-state index in [-0.39, 0.29) is 23.5 Å². The van der Waals surface area contributed by atoms with Crippen LogP contribution in [-0.2, 0) is 11.3 Å². The van der Waals surface area contributed by atoms with Crippen LogP contribution < -0.4 is 5.32 Å². The number of hydrogen-bond acceptors (Lipinski definition) is 3. The minimum Gasteiger partial charge on any atom is -0.337 e. The Balaban J connectivity index is 1.27. The van der Waals surface area contributed by atoms with Crippen LogP contribution >= 0.6 is 11.3 Å². The number of halogens is 1. The number of benzene rings is 2. The van der Waals surface area contributed by atoms with Crippen molar-refractivity contribution in [3.05, 3.63) is 88.2 Å². The van der Waals surface area contributed by atoms with Crippen molar-refractivity contribution in [2.45, 2.75) is 33.2 Å². The van der Waals surface area contributed by atoms with Crippen LogP contribution in [0.4, 0.5) is 10.1 Å². The third-order valence-electron chi connectivity index (χ3n) is 6.92. The molecular weight excluding hydrogens is 461 g/mol. The molecule has 5 rings (SSSR count). The maximum atomic E-state index is 13.5. The smallest absolute Gasteiger partial charge is 0.270 e. The second-order valence-corrected chi connectivity index (χ2v) is 10.2. The van der Waals surface area contributed by atoms with Gasteiger partial charge in [-0.25, -0.2) is 4.39 Å². The van der Waals surface area contributed by atoms with Gasteiger partial charge < -0.3 is 14.8 Å². The molecule has 7 heteroatoms. The molecule has 1 N–H and O–H groups in total. The highest BCUT2D eigenvalue weighted by Gasteiger charge is 2.29. The highest BCUT2D eigenvalue weighted by Crippen LogP contribution is 2.29. The quantitative estimate of drug-likeness (QED) is 0.374. The van der Waals surface area contributed by atoms with Gasteiger partial charge in [0.15, 0.2) is 0 Å². The lowest BCUT2D eigenvalue weighted by molar-refractivity contribution is -0.121. The lowest BCUT2D eigenvalue weighted by Crippen LogP contribution is -2.42. The van der Waals surface area contributed by atoms with E-state index >= 15 is 0 Å². The molecule has 2 aromatic carbocycles. The lowest BCUT2D eigenvalue weighted by atomic mass is 9.95. The van der Waals surface area contributed by atoms with Crippen molar-refractivity contribution in [2.24, 2.45) is 5.92 Å². The van der Waals surface area contributed by atoms with E-state index in [4.69, 9.17) is 0 Å². The predicted octanol–water partition coefficient (Wildman–Crippen LogP) is 6.00. The van der Waals surface area contributed by atoms with E-state index < -0.39 is 0 Å². The van der Waals surface area contributed by atoms with Crippen LogP contribution in [0.15, 0.2) is 60.0 Å². The van der Waals surface area contributed by atoms with Crippen LogP contribution in [-0.4, -0.2) is 34.4 Å². The molecule has 0 radical (unpaired) electrons. The number of hydrogen-bond donors (Lipinski definition) is 1. The second-order valence-electron chi connectivity index (χ2n) is 9.27. The number of aromatic nitrogens is 1. The molecule has 4 aromatic rings. The van der Waals surface area contributed by atoms with E-state index in [1.807, 2.05) is 59.0 Å². The zero-order valence-electron chi connectivity index (χ0n) is 19.9. The Bertz CT molecular complexity index is 1380. The van der Waals surface area contributed by atoms with E-state index in [0.717, 1.165) is 27.0 Å². The molecule has 0 bridgehead atoms. The Kier molecular flexibility index (Phi) is 6.43. The Hall–Kier alpha value is -3.45. The summed E-state index contributed by atoms with van der Waals surface area (Å²) in [5.74, 6) is -0.401. The number of anilines is 1. The first-order chi connectivity index (χ1) is 16.9. The Morgan fingerprint density at radius 1 is 1.00 bits per heavy atom. The van der Waals surface area contributed by atoms with Gasteiger partial charge in [0, 0.05) is 31.2 Å². The monoisotopic (exact) mass is 489 g/mol. The summed E-state index contributed by atoms with van der Waals surface area (Å²) >= 11 is 1.60. The van der Waals surface area contributed by atoms with Crippen molar-refractivity contribution in [1.82, 2.24) is 9.47 Å². The normalized spacial score (nSPS) is 14.4. The van der Waals surface area contributed by atoms with Crippen molar-refractivity contribution < 1.29 is 14.0 Å². The Morgan fingerprint density at radius 3 is 2.46 bits per heavy atom. The van der Waals surface area contributed by atoms with Gasteiger partial charge >= 0.3 is 0 Å². The molecule has 0 atom stereocenters. The number of fused-ring (bicyclic) bond motifs is 1. The van der Waals surface area contributed by atoms with E-state index in [1.165, 1.54) is 17.7 Å². The van der Waals surface area contributed by atoms with Gasteiger partial charge in [-0.05, 0) is 85.2 Å². The zero-order chi connectivity index (χ0) is 24.5. The average molecular weight is 490 g/mol. The third kappa shape index (κ3) is 4.86. The first-order valence-electron chi connectivity index (χ1n) is 11.9. The molecule has 0 aliphatic carbocycles. The van der Waals surface area contributed by atoms with Crippen molar-refractivity contribution in [3.63, 3.8) is 0 Å². The molecule has 1 aliphatic rings. The van der Waals surface area contributed by atoms with Crippen molar-refractivity contribution in [3.8, 4) is 0 Å². The SMILES string of the molecule is Cc1ccc(NC(=O)C2CCN(C(=O)c3cc4sccc4n3Cc3ccc(F)cc3)CC2)cc1C. The molecular formula is C28H28FN3O2S. The molecule has 0 unspecified atom stereocenters. The summed E-state index contributed by atoms with van der Waals surface area (Å²) in [6.07, 6.45) is 1.27. The second kappa shape index (κ2) is 9.66. The van der Waals surface area contributed by atoms with Crippen molar-refractivity contribution in [1.29, 1.82) is 0 Å². The number of carbonyl (C=O) groups excluding carboxylic acids is 2. The topological polar surface area (TPSA) is 54.3 Å². The molecule has 1 saturated heterocycles. The minimum absolute atomic E-state index is 0.0144. The van der Waals surface area contributed by atoms with Crippen molar-refractivity contribution in [2.75, 3.05) is 18.4 Å². The number of amides is 2. The summed E-state index contributed by atoms with van der Waals surface area (Å²) in [6, 6.07) is 16.3. The van der Waals surface area contributed by atoms with Gasteiger partial charge in [-0.3, -0.25) is 9.59 Å². The number of likely N-dealkylation sites (tertiary alicyclic amines) is 1. The molecule has 3 heterocycles. The summed E-state index contributed by atoms with van der Waals surface area (Å²) in [5.41, 5.74) is 5.73. The van der Waals surface area contributed by atoms with Crippen LogP contribution in [0.1, 0.15) is 40.0 Å². The molecule has 0 saturated carbocycles. The number of thiophene rings is 1. The minimum atomic E-state index is -0.275. The predicted molar refractivity (Wildman–Crippen MR) is 138 cm³/mol. The number of carbonyl (C=O) groups is 2. The van der Waals surface area contributed by atoms with Crippen LogP contribution in [0.3, 0.4) is 0 Å². The maximum absolute atomic E-state index is 13.5. The molecule has 2 amide bonds. The van der Waals surface area contributed by atoms with E-state index in [0.29, 0.717) is 38.2 Å². The fraction of sp³-hybridized carbons (Fsp3) is 0.286. The van der Waals surface area contributed by atoms with E-state index in [9.17, 15) is 14.0 Å². The van der Waals surface area contributed by atoms with Gasteiger partial charge in [-0.15, -0.1) is 11.3 Å². The highest BCUT2D eigenvalue weighted by molar-refractivity contribution is 7.17. The summed E-state index contributed by atoms with van der Waals surface area (Å²) in [6.45, 7) is 5.66. The van der Waals surface area contributed by atoms with Gasteiger partial charge in [0.05, 0.1) is 10.2 Å². The van der Waals surface area contributed by atoms with Gasteiger partial charge in [0.25, 0.3) is 5.91 Å². The average Bonchev–Trinajstić information content (AvgIpc) is 3.45. The van der Waals surface area contributed by atoms with Gasteiger partial charge in [0.1, 0.15) is 11.5 Å². The number of aryl methyl sites for hydroxylation is 2. The largest absolute Gasteiger partial charge is 0.337 e. The fourth-order valence-corrected chi connectivity index (χ4v) is 5.49. The third-order valence-corrected chi connectivity index (χ3v) is 7.78. The first kappa shape index (κ1) is 23.3. The number of nitrogens with one attached hydrogen (secondary N) is 1. The van der Waals surface area contributed by atoms with Gasteiger partial charge in [-0.2, -0.15) is 0 Å². The lowest BCUT2D eigenvalue weighted by Gasteiger charge is -2.31. The van der Waals surface area contributed by atoms with Crippen LogP contribution in [0, 0.1) is 25.6 Å². The Labute approximate surface area is 208 Å². The van der Waals surface area contributed by atoms with Crippen molar-refractivity contribution >= 4 is 39.1 Å². The molecule has 1 fully saturated rings. The van der Waals surface area contributed by atoms with Gasteiger partial charge in [-0.1, -0.05) is 18.2 Å². The summed E-state index contributed by atoms with van der Waals surface area (Å²) in [4.78, 5) is 28.2. The van der Waals surface area contributed by atoms with E-state index in [1.54, 1.807) is 23.5 Å². The summed E-state index contributed by atoms with van der Waals surface area (Å²) in [5, 5.41) is 5.05. The highest BCUT2D eigenvalue weighted by atomic mass is 32.1. The molecule has 2 aromatic heterocycles. The molecule has 1 aliphatic heterocycles. The summed E-state index contributed by atoms with van der Waals surface area (Å²) in [7, 11) is 0. The van der Waals surface area contributed by atoms with Gasteiger partial charge in [0.2, 0.25) is 5.91 Å². The van der Waals surface area contributed by atoms with Crippen LogP contribution in [0.5, 0.6) is 0 Å². The molecule has 5 nitrogen and oxygen atoms in total. The number of nitrogens with zero attached hydrogens (tertiary/aromatic N) is 2. The molecule has 180 valence electrons. The van der Waals surface area contributed by atoms with E-state index in [2.05, 4.69) is 5.32 Å². The standard InChI is InChI=1S/C28H28FN3O2S/c1-18-3-8-23(15-19(18)2)30-27(33)21-9-12-31(13-10-21)28(34)25-16-26-24(11-14-35-26)32(25)17-20-4-6-22(29)7-5-20/h3-8,11,14-16,21H,9-10,12-13,17H2,1-2H3,(H,30,33). The number of rotatable bonds is 5.